The number of amides is 3. The van der Waals surface area contributed by atoms with Gasteiger partial charge in [-0.1, -0.05) is 55.7 Å². The third-order valence-electron chi connectivity index (χ3n) is 7.23. The summed E-state index contributed by atoms with van der Waals surface area (Å²) in [4.78, 5) is 37.9. The Morgan fingerprint density at radius 3 is 2.26 bits per heavy atom. The summed E-state index contributed by atoms with van der Waals surface area (Å²) in [5, 5.41) is 13.6. The van der Waals surface area contributed by atoms with Crippen LogP contribution in [0.4, 0.5) is 29.3 Å². The molecule has 1 aliphatic carbocycles. The standard InChI is InChI=1S/C31H31F3IN3O4/c32-27(29(40)41)18-36-28(39)23-11-9-20(10-12-23)19-38(26-15-13-22(14-16-26)21-5-2-1-3-6-21)30(42)37-25-8-4-7-24(17-25)31(33,34)35/h4,7-17,21,27H,1-3,5-6,18-19H2,(H,36,39)(H,37,42)(H,40,41). The lowest BCUT2D eigenvalue weighted by atomic mass is 9.84. The fraction of sp³-hybridized carbons (Fsp3) is 0.323. The molecule has 0 bridgehead atoms. The number of carbonyl (C=O) groups excluding carboxylic acids is 2. The molecule has 0 radical (unpaired) electrons. The van der Waals surface area contributed by atoms with E-state index in [1.165, 1.54) is 66.1 Å². The smallest absolute Gasteiger partial charge is 0.340 e. The number of halogens is 4. The van der Waals surface area contributed by atoms with Crippen molar-refractivity contribution in [3.8, 4) is 0 Å². The van der Waals surface area contributed by atoms with Gasteiger partial charge >= 0.3 is 15.9 Å². The maximum Gasteiger partial charge on any atom is 0.340 e. The molecule has 3 aromatic carbocycles. The molecular formula is C31H31F3IN3O4. The Morgan fingerprint density at radius 1 is 0.976 bits per heavy atom. The predicted octanol–water partition coefficient (Wildman–Crippen LogP) is 7.61. The molecule has 3 amide bonds. The second-order valence-corrected chi connectivity index (χ2v) is 11.6. The number of aliphatic carboxylic acids is 1. The molecule has 0 aromatic heterocycles. The second-order valence-electron chi connectivity index (χ2n) is 10.2. The van der Waals surface area contributed by atoms with Crippen LogP contribution in [0, 0.1) is 0 Å². The van der Waals surface area contributed by atoms with Gasteiger partial charge < -0.3 is 15.7 Å². The molecule has 1 aliphatic rings. The number of anilines is 2. The van der Waals surface area contributed by atoms with Gasteiger partial charge in [0.1, 0.15) is 0 Å². The number of urea groups is 1. The van der Waals surface area contributed by atoms with Gasteiger partial charge in [-0.05, 0) is 66.3 Å². The Morgan fingerprint density at radius 2 is 1.64 bits per heavy atom. The monoisotopic (exact) mass is 693 g/mol. The fourth-order valence-corrected chi connectivity index (χ4v) is 5.26. The van der Waals surface area contributed by atoms with Crippen molar-refractivity contribution < 1.29 is 32.7 Å². The summed E-state index contributed by atoms with van der Waals surface area (Å²) in [5.74, 6) is -1.81. The lowest BCUT2D eigenvalue weighted by molar-refractivity contribution is -0.142. The van der Waals surface area contributed by atoms with Crippen molar-refractivity contribution in [2.75, 3.05) is 16.8 Å². The summed E-state index contributed by atoms with van der Waals surface area (Å²) in [6, 6.07) is 19.0. The van der Waals surface area contributed by atoms with Crippen LogP contribution in [0.5, 0.6) is 0 Å². The Balaban J connectivity index is 1.54. The number of alkyl halides is 4. The predicted molar refractivity (Wildman–Crippen MR) is 163 cm³/mol. The first-order valence-electron chi connectivity index (χ1n) is 13.6. The highest BCUT2D eigenvalue weighted by Gasteiger charge is 2.27. The first kappa shape index (κ1) is 31.3. The maximum absolute atomic E-state index is 13.9. The van der Waals surface area contributed by atoms with Crippen LogP contribution < -0.4 is 15.5 Å². The number of carboxylic acids is 1. The van der Waals surface area contributed by atoms with Gasteiger partial charge in [-0.3, -0.25) is 9.69 Å². The number of nitrogens with zero attached hydrogens (tertiary/aromatic N) is 1. The number of rotatable bonds is 10. The van der Waals surface area contributed by atoms with Gasteiger partial charge in [0.05, 0.1) is 13.1 Å². The van der Waals surface area contributed by atoms with Gasteiger partial charge in [0, 0.05) is 45.1 Å². The Labute approximate surface area is 255 Å². The number of nitrogens with one attached hydrogen (secondary N) is 2. The third-order valence-corrected chi connectivity index (χ3v) is 7.86. The molecular weight excluding hydrogens is 662 g/mol. The molecule has 3 aromatic rings. The molecule has 0 aliphatic heterocycles. The molecule has 42 heavy (non-hydrogen) atoms. The molecule has 7 nitrogen and oxygen atoms in total. The van der Waals surface area contributed by atoms with Crippen LogP contribution in [0.25, 0.3) is 0 Å². The molecule has 0 saturated heterocycles. The third kappa shape index (κ3) is 8.46. The fourth-order valence-electron chi connectivity index (χ4n) is 4.92. The van der Waals surface area contributed by atoms with Crippen LogP contribution in [-0.4, -0.2) is 35.7 Å². The van der Waals surface area contributed by atoms with Crippen molar-refractivity contribution in [3.63, 3.8) is 0 Å². The summed E-state index contributed by atoms with van der Waals surface area (Å²) >= 11 is 1.04. The Bertz CT molecular complexity index is 1390. The van der Waals surface area contributed by atoms with Crippen molar-refractivity contribution in [3.05, 3.63) is 95.1 Å². The van der Waals surface area contributed by atoms with Crippen LogP contribution in [0.1, 0.15) is 65.1 Å². The van der Waals surface area contributed by atoms with E-state index < -0.39 is 34.6 Å². The Hall–Kier alpha value is -3.61. The molecule has 4 rings (SSSR count). The number of carbonyl (C=O) groups is 3. The number of hydrogen-bond donors (Lipinski definition) is 3. The summed E-state index contributed by atoms with van der Waals surface area (Å²) in [5.41, 5.74) is 2.66. The normalized spacial score (nSPS) is 14.6. The van der Waals surface area contributed by atoms with E-state index in [9.17, 15) is 27.6 Å². The topological polar surface area (TPSA) is 98.7 Å². The van der Waals surface area contributed by atoms with Crippen LogP contribution >= 0.6 is 22.6 Å². The van der Waals surface area contributed by atoms with E-state index in [1.54, 1.807) is 12.1 Å². The van der Waals surface area contributed by atoms with Crippen molar-refractivity contribution in [1.82, 2.24) is 5.32 Å². The molecule has 1 unspecified atom stereocenters. The molecule has 1 saturated carbocycles. The van der Waals surface area contributed by atoms with Crippen LogP contribution in [0.3, 0.4) is 0 Å². The van der Waals surface area contributed by atoms with E-state index in [0.29, 0.717) is 17.2 Å². The van der Waals surface area contributed by atoms with Crippen LogP contribution in [0.15, 0.2) is 72.8 Å². The van der Waals surface area contributed by atoms with Crippen molar-refractivity contribution in [2.24, 2.45) is 0 Å². The number of benzene rings is 3. The number of carboxylic acid groups (broad SMARTS) is 1. The molecule has 1 fully saturated rings. The lowest BCUT2D eigenvalue weighted by Crippen LogP contribution is -2.35. The maximum atomic E-state index is 13.9. The molecule has 11 heteroatoms. The van der Waals surface area contributed by atoms with Gasteiger partial charge in [0.2, 0.25) is 6.17 Å². The highest BCUT2D eigenvalue weighted by atomic mass is 127. The van der Waals surface area contributed by atoms with E-state index in [0.717, 1.165) is 35.4 Å². The summed E-state index contributed by atoms with van der Waals surface area (Å²) in [6.07, 6.45) is 3.67. The molecule has 3 N–H and O–H groups in total. The van der Waals surface area contributed by atoms with Crippen LogP contribution in [-0.2, 0) is 15.3 Å². The van der Waals surface area contributed by atoms with E-state index >= 15 is 0 Å². The lowest BCUT2D eigenvalue weighted by Gasteiger charge is -2.26. The van der Waals surface area contributed by atoms with Gasteiger partial charge in [-0.15, -0.1) is 0 Å². The summed E-state index contributed by atoms with van der Waals surface area (Å²) < 4.78 is 38.0. The van der Waals surface area contributed by atoms with Gasteiger partial charge in [-0.2, -0.15) is 8.78 Å². The molecule has 1 atom stereocenters. The van der Waals surface area contributed by atoms with Crippen molar-refractivity contribution in [2.45, 2.75) is 54.7 Å². The number of hydrogen-bond acceptors (Lipinski definition) is 3. The second kappa shape index (κ2) is 14.0. The van der Waals surface area contributed by atoms with E-state index in [-0.39, 0.29) is 23.4 Å². The minimum absolute atomic E-state index is 0.101. The van der Waals surface area contributed by atoms with Gasteiger partial charge in [-0.25, -0.2) is 14.0 Å². The minimum Gasteiger partial charge on any atom is -0.479 e. The average Bonchev–Trinajstić information content (AvgIpc) is 2.99. The van der Waals surface area contributed by atoms with E-state index in [4.69, 9.17) is 5.11 Å². The first-order valence-corrected chi connectivity index (χ1v) is 14.7. The highest BCUT2D eigenvalue weighted by molar-refractivity contribution is 14.1. The van der Waals surface area contributed by atoms with Crippen molar-refractivity contribution in [1.29, 1.82) is 0 Å². The minimum atomic E-state index is -3.10. The summed E-state index contributed by atoms with van der Waals surface area (Å²) in [6.45, 7) is -0.560. The van der Waals surface area contributed by atoms with Gasteiger partial charge in [0.25, 0.3) is 5.91 Å². The zero-order chi connectivity index (χ0) is 30.3. The van der Waals surface area contributed by atoms with Crippen molar-refractivity contribution >= 4 is 51.9 Å². The summed E-state index contributed by atoms with van der Waals surface area (Å²) in [7, 11) is 0. The van der Waals surface area contributed by atoms with Gasteiger partial charge in [0.15, 0.2) is 0 Å². The largest absolute Gasteiger partial charge is 0.479 e. The quantitative estimate of drug-likeness (QED) is 0.151. The zero-order valence-corrected chi connectivity index (χ0v) is 24.8. The van der Waals surface area contributed by atoms with E-state index in [2.05, 4.69) is 10.6 Å². The highest BCUT2D eigenvalue weighted by Crippen LogP contribution is 2.36. The molecule has 222 valence electrons. The molecule has 0 spiro atoms. The SMILES string of the molecule is O=C(NCC(F)C(=O)O)c1ccc(CN(C(=O)Nc2cccc(C(F)(F)I)c2)c2ccc(C3CCCCC3)cc2)cc1. The first-order chi connectivity index (χ1) is 20.0. The average molecular weight is 694 g/mol. The van der Waals surface area contributed by atoms with Crippen LogP contribution in [0.2, 0.25) is 0 Å². The van der Waals surface area contributed by atoms with E-state index in [1.807, 2.05) is 24.3 Å². The Kier molecular flexibility index (Phi) is 10.5. The molecule has 0 heterocycles. The zero-order valence-electron chi connectivity index (χ0n) is 22.7.